The minimum Gasteiger partial charge on any atom is -0.462 e. The third kappa shape index (κ3) is 6.14. The molecule has 0 aliphatic heterocycles. The molecular weight excluding hydrogens is 408 g/mol. The van der Waals surface area contributed by atoms with Gasteiger partial charge in [-0.1, -0.05) is 37.1 Å². The second-order valence-corrected chi connectivity index (χ2v) is 7.74. The van der Waals surface area contributed by atoms with E-state index < -0.39 is 0 Å². The zero-order chi connectivity index (χ0) is 20.6. The first-order valence-electron chi connectivity index (χ1n) is 9.32. The summed E-state index contributed by atoms with van der Waals surface area (Å²) in [5.41, 5.74) is 2.75. The number of aromatic nitrogens is 1. The monoisotopic (exact) mass is 428 g/mol. The Bertz CT molecular complexity index is 968. The first kappa shape index (κ1) is 21.0. The van der Waals surface area contributed by atoms with Crippen LogP contribution < -0.4 is 5.32 Å². The van der Waals surface area contributed by atoms with Crippen LogP contribution >= 0.6 is 22.9 Å². The standard InChI is InChI=1S/C22H21ClN2O3S/c1-2-3-12-28-22(27)16-6-10-18(11-7-16)24-20(26)13-19-14-29-21(25-19)15-4-8-17(23)9-5-15/h4-11,14H,2-3,12-13H2,1H3,(H,24,26). The van der Waals surface area contributed by atoms with Gasteiger partial charge in [0, 0.05) is 21.7 Å². The first-order valence-corrected chi connectivity index (χ1v) is 10.6. The molecule has 150 valence electrons. The summed E-state index contributed by atoms with van der Waals surface area (Å²) in [6, 6.07) is 14.1. The summed E-state index contributed by atoms with van der Waals surface area (Å²) < 4.78 is 5.17. The van der Waals surface area contributed by atoms with Gasteiger partial charge >= 0.3 is 5.97 Å². The molecule has 0 aliphatic rings. The van der Waals surface area contributed by atoms with E-state index in [1.165, 1.54) is 11.3 Å². The highest BCUT2D eigenvalue weighted by atomic mass is 35.5. The largest absolute Gasteiger partial charge is 0.462 e. The van der Waals surface area contributed by atoms with Crippen LogP contribution in [0.3, 0.4) is 0 Å². The van der Waals surface area contributed by atoms with Gasteiger partial charge in [-0.3, -0.25) is 4.79 Å². The highest BCUT2D eigenvalue weighted by Gasteiger charge is 2.11. The summed E-state index contributed by atoms with van der Waals surface area (Å²) in [6.07, 6.45) is 1.99. The molecule has 0 fully saturated rings. The van der Waals surface area contributed by atoms with Crippen LogP contribution in [0.1, 0.15) is 35.8 Å². The minimum absolute atomic E-state index is 0.170. The van der Waals surface area contributed by atoms with Gasteiger partial charge in [-0.25, -0.2) is 9.78 Å². The number of esters is 1. The Kier molecular flexibility index (Phi) is 7.38. The van der Waals surface area contributed by atoms with Crippen molar-refractivity contribution >= 4 is 40.5 Å². The molecule has 5 nitrogen and oxygen atoms in total. The number of ether oxygens (including phenoxy) is 1. The SMILES string of the molecule is CCCCOC(=O)c1ccc(NC(=O)Cc2csc(-c3ccc(Cl)cc3)n2)cc1. The predicted molar refractivity (Wildman–Crippen MR) is 117 cm³/mol. The number of nitrogens with zero attached hydrogens (tertiary/aromatic N) is 1. The van der Waals surface area contributed by atoms with Crippen LogP contribution in [0, 0.1) is 0 Å². The summed E-state index contributed by atoms with van der Waals surface area (Å²) in [5, 5.41) is 6.21. The number of hydrogen-bond donors (Lipinski definition) is 1. The normalized spacial score (nSPS) is 10.6. The van der Waals surface area contributed by atoms with Crippen LogP contribution in [0.5, 0.6) is 0 Å². The molecule has 29 heavy (non-hydrogen) atoms. The van der Waals surface area contributed by atoms with Crippen molar-refractivity contribution in [2.45, 2.75) is 26.2 Å². The molecule has 7 heteroatoms. The van der Waals surface area contributed by atoms with Gasteiger partial charge in [-0.2, -0.15) is 0 Å². The second kappa shape index (κ2) is 10.2. The van der Waals surface area contributed by atoms with Crippen molar-refractivity contribution in [1.82, 2.24) is 4.98 Å². The number of hydrogen-bond acceptors (Lipinski definition) is 5. The summed E-state index contributed by atoms with van der Waals surface area (Å²) in [5.74, 6) is -0.523. The molecule has 0 aliphatic carbocycles. The maximum absolute atomic E-state index is 12.3. The summed E-state index contributed by atoms with van der Waals surface area (Å²) in [7, 11) is 0. The molecular formula is C22H21ClN2O3S. The molecule has 0 radical (unpaired) electrons. The van der Waals surface area contributed by atoms with E-state index in [4.69, 9.17) is 16.3 Å². The summed E-state index contributed by atoms with van der Waals surface area (Å²) in [4.78, 5) is 28.7. The van der Waals surface area contributed by atoms with Crippen molar-refractivity contribution in [3.63, 3.8) is 0 Å². The Morgan fingerprint density at radius 2 is 1.83 bits per heavy atom. The summed E-state index contributed by atoms with van der Waals surface area (Å²) in [6.45, 7) is 2.45. The fourth-order valence-corrected chi connectivity index (χ4v) is 3.52. The average Bonchev–Trinajstić information content (AvgIpc) is 3.17. The van der Waals surface area contributed by atoms with E-state index in [0.717, 1.165) is 23.4 Å². The van der Waals surface area contributed by atoms with E-state index in [1.54, 1.807) is 24.3 Å². The van der Waals surface area contributed by atoms with Crippen LogP contribution in [0.25, 0.3) is 10.6 Å². The van der Waals surface area contributed by atoms with Gasteiger partial charge in [-0.15, -0.1) is 11.3 Å². The van der Waals surface area contributed by atoms with Gasteiger partial charge in [0.15, 0.2) is 0 Å². The molecule has 0 saturated heterocycles. The number of carbonyl (C=O) groups excluding carboxylic acids is 2. The van der Waals surface area contributed by atoms with Crippen molar-refractivity contribution in [3.8, 4) is 10.6 Å². The zero-order valence-electron chi connectivity index (χ0n) is 16.0. The number of nitrogens with one attached hydrogen (secondary N) is 1. The van der Waals surface area contributed by atoms with Crippen LogP contribution in [-0.4, -0.2) is 23.5 Å². The lowest BCUT2D eigenvalue weighted by atomic mass is 10.2. The third-order valence-corrected chi connectivity index (χ3v) is 5.31. The molecule has 1 N–H and O–H groups in total. The van der Waals surface area contributed by atoms with Crippen LogP contribution in [-0.2, 0) is 16.0 Å². The Morgan fingerprint density at radius 1 is 1.10 bits per heavy atom. The summed E-state index contributed by atoms with van der Waals surface area (Å²) >= 11 is 7.39. The van der Waals surface area contributed by atoms with Gasteiger partial charge < -0.3 is 10.1 Å². The average molecular weight is 429 g/mol. The maximum atomic E-state index is 12.3. The first-order chi connectivity index (χ1) is 14.0. The number of unbranched alkanes of at least 4 members (excludes halogenated alkanes) is 1. The van der Waals surface area contributed by atoms with Gasteiger partial charge in [0.2, 0.25) is 5.91 Å². The van der Waals surface area contributed by atoms with Crippen molar-refractivity contribution in [2.75, 3.05) is 11.9 Å². The lowest BCUT2D eigenvalue weighted by molar-refractivity contribution is -0.115. The minimum atomic E-state index is -0.353. The van der Waals surface area contributed by atoms with Gasteiger partial charge in [0.25, 0.3) is 0 Å². The van der Waals surface area contributed by atoms with E-state index in [9.17, 15) is 9.59 Å². The van der Waals surface area contributed by atoms with Crippen molar-refractivity contribution < 1.29 is 14.3 Å². The van der Waals surface area contributed by atoms with E-state index in [-0.39, 0.29) is 18.3 Å². The highest BCUT2D eigenvalue weighted by Crippen LogP contribution is 2.25. The van der Waals surface area contributed by atoms with E-state index in [2.05, 4.69) is 10.3 Å². The van der Waals surface area contributed by atoms with E-state index >= 15 is 0 Å². The fourth-order valence-electron chi connectivity index (χ4n) is 2.57. The fraction of sp³-hybridized carbons (Fsp3) is 0.227. The van der Waals surface area contributed by atoms with E-state index in [1.807, 2.05) is 36.6 Å². The van der Waals surface area contributed by atoms with E-state index in [0.29, 0.717) is 28.6 Å². The lowest BCUT2D eigenvalue weighted by Gasteiger charge is -2.06. The Labute approximate surface area is 178 Å². The van der Waals surface area contributed by atoms with Gasteiger partial charge in [0.05, 0.1) is 24.3 Å². The van der Waals surface area contributed by atoms with Crippen molar-refractivity contribution in [3.05, 3.63) is 70.2 Å². The molecule has 1 aromatic heterocycles. The number of amides is 1. The van der Waals surface area contributed by atoms with Crippen molar-refractivity contribution in [2.24, 2.45) is 0 Å². The zero-order valence-corrected chi connectivity index (χ0v) is 17.6. The third-order valence-electron chi connectivity index (χ3n) is 4.12. The molecule has 2 aromatic carbocycles. The Morgan fingerprint density at radius 3 is 2.52 bits per heavy atom. The number of halogens is 1. The number of carbonyl (C=O) groups is 2. The van der Waals surface area contributed by atoms with Crippen LogP contribution in [0.2, 0.25) is 5.02 Å². The molecule has 0 bridgehead atoms. The molecule has 0 saturated carbocycles. The number of rotatable bonds is 8. The van der Waals surface area contributed by atoms with Crippen LogP contribution in [0.4, 0.5) is 5.69 Å². The molecule has 0 atom stereocenters. The lowest BCUT2D eigenvalue weighted by Crippen LogP contribution is -2.14. The van der Waals surface area contributed by atoms with Gasteiger partial charge in [-0.05, 0) is 42.8 Å². The molecule has 1 heterocycles. The Balaban J connectivity index is 1.54. The molecule has 3 aromatic rings. The van der Waals surface area contributed by atoms with Crippen molar-refractivity contribution in [1.29, 1.82) is 0 Å². The molecule has 3 rings (SSSR count). The quantitative estimate of drug-likeness (QED) is 0.374. The van der Waals surface area contributed by atoms with Gasteiger partial charge in [0.1, 0.15) is 5.01 Å². The number of thiazole rings is 1. The molecule has 0 spiro atoms. The second-order valence-electron chi connectivity index (χ2n) is 6.44. The van der Waals surface area contributed by atoms with Crippen LogP contribution in [0.15, 0.2) is 53.9 Å². The maximum Gasteiger partial charge on any atom is 0.338 e. The molecule has 1 amide bonds. The Hall–Kier alpha value is -2.70. The predicted octanol–water partition coefficient (Wildman–Crippen LogP) is 5.60. The molecule has 0 unspecified atom stereocenters. The number of benzene rings is 2. The number of anilines is 1. The topological polar surface area (TPSA) is 68.3 Å². The highest BCUT2D eigenvalue weighted by molar-refractivity contribution is 7.13. The smallest absolute Gasteiger partial charge is 0.338 e.